The van der Waals surface area contributed by atoms with Crippen molar-refractivity contribution < 1.29 is 28.2 Å². The zero-order valence-electron chi connectivity index (χ0n) is 11.2. The van der Waals surface area contributed by atoms with Gasteiger partial charge in [0.2, 0.25) is 0 Å². The van der Waals surface area contributed by atoms with Gasteiger partial charge in [0.05, 0.1) is 0 Å². The summed E-state index contributed by atoms with van der Waals surface area (Å²) in [6, 6.07) is 5.00. The van der Waals surface area contributed by atoms with Crippen LogP contribution in [0.15, 0.2) is 24.3 Å². The van der Waals surface area contributed by atoms with Crippen LogP contribution >= 0.6 is 0 Å². The Hall–Kier alpha value is -2.13. The van der Waals surface area contributed by atoms with Crippen LogP contribution in [-0.4, -0.2) is 36.6 Å². The van der Waals surface area contributed by atoms with Gasteiger partial charge in [-0.1, -0.05) is 12.1 Å². The molecule has 0 bridgehead atoms. The number of carboxylic acids is 2. The quantitative estimate of drug-likeness (QED) is 0.554. The Kier molecular flexibility index (Phi) is 5.68. The molecule has 4 N–H and O–H groups in total. The van der Waals surface area contributed by atoms with E-state index in [-0.39, 0.29) is 12.1 Å². The average Bonchev–Trinajstić information content (AvgIpc) is 2.33. The van der Waals surface area contributed by atoms with Crippen molar-refractivity contribution in [1.29, 1.82) is 0 Å². The van der Waals surface area contributed by atoms with Gasteiger partial charge in [0, 0.05) is 12.1 Å². The molecule has 1 rings (SSSR count). The molecule has 0 spiro atoms. The van der Waals surface area contributed by atoms with Gasteiger partial charge in [0.25, 0.3) is 10.2 Å². The first-order valence-corrected chi connectivity index (χ1v) is 7.49. The molecule has 0 aliphatic carbocycles. The highest BCUT2D eigenvalue weighted by Gasteiger charge is 2.24. The normalized spacial score (nSPS) is 12.6. The van der Waals surface area contributed by atoms with E-state index in [2.05, 4.69) is 4.72 Å². The highest BCUT2D eigenvalue weighted by atomic mass is 32.2. The fourth-order valence-corrected chi connectivity index (χ4v) is 2.67. The van der Waals surface area contributed by atoms with Crippen molar-refractivity contribution in [3.63, 3.8) is 0 Å². The molecule has 116 valence electrons. The summed E-state index contributed by atoms with van der Waals surface area (Å²) in [5, 5.41) is 17.4. The molecule has 0 amide bonds. The molecule has 0 saturated carbocycles. The summed E-state index contributed by atoms with van der Waals surface area (Å²) in [6.45, 7) is 1.78. The number of hydrogen-bond acceptors (Lipinski definition) is 4. The molecule has 8 nitrogen and oxygen atoms in total. The van der Waals surface area contributed by atoms with Gasteiger partial charge in [-0.15, -0.1) is 0 Å². The third kappa shape index (κ3) is 6.23. The molecule has 1 atom stereocenters. The molecule has 0 unspecified atom stereocenters. The second kappa shape index (κ2) is 7.04. The second-order valence-corrected chi connectivity index (χ2v) is 5.86. The first-order chi connectivity index (χ1) is 9.69. The molecule has 0 aliphatic heterocycles. The Morgan fingerprint density at radius 2 is 1.95 bits per heavy atom. The number of carboxylic acid groups (broad SMARTS) is 2. The monoisotopic (exact) mass is 316 g/mol. The Morgan fingerprint density at radius 1 is 1.29 bits per heavy atom. The second-order valence-electron chi connectivity index (χ2n) is 4.42. The first kappa shape index (κ1) is 16.9. The SMILES string of the molecule is Cc1cccc(NS(=O)(=O)N[C@@H](CCC(=O)O)C(=O)O)c1. The Labute approximate surface area is 122 Å². The first-order valence-electron chi connectivity index (χ1n) is 6.01. The summed E-state index contributed by atoms with van der Waals surface area (Å²) >= 11 is 0. The van der Waals surface area contributed by atoms with Gasteiger partial charge in [0.1, 0.15) is 6.04 Å². The van der Waals surface area contributed by atoms with E-state index in [0.717, 1.165) is 5.56 Å². The standard InChI is InChI=1S/C12H16N2O6S/c1-8-3-2-4-9(7-8)13-21(19,20)14-10(12(17)18)5-6-11(15)16/h2-4,7,10,13-14H,5-6H2,1H3,(H,15,16)(H,17,18)/t10-/m0/s1. The number of carbonyl (C=O) groups is 2. The molecule has 21 heavy (non-hydrogen) atoms. The molecule has 0 fully saturated rings. The highest BCUT2D eigenvalue weighted by molar-refractivity contribution is 7.90. The predicted molar refractivity (Wildman–Crippen MR) is 75.2 cm³/mol. The molecule has 1 aromatic rings. The largest absolute Gasteiger partial charge is 0.481 e. The minimum atomic E-state index is -4.12. The molecular formula is C12H16N2O6S. The maximum atomic E-state index is 11.8. The Morgan fingerprint density at radius 3 is 2.48 bits per heavy atom. The highest BCUT2D eigenvalue weighted by Crippen LogP contribution is 2.11. The van der Waals surface area contributed by atoms with Crippen LogP contribution in [-0.2, 0) is 19.8 Å². The van der Waals surface area contributed by atoms with E-state index in [0.29, 0.717) is 0 Å². The predicted octanol–water partition coefficient (Wildman–Crippen LogP) is 0.559. The van der Waals surface area contributed by atoms with E-state index in [1.165, 1.54) is 6.07 Å². The molecule has 0 saturated heterocycles. The lowest BCUT2D eigenvalue weighted by Crippen LogP contribution is -2.43. The smallest absolute Gasteiger partial charge is 0.321 e. The maximum Gasteiger partial charge on any atom is 0.321 e. The molecule has 0 aliphatic rings. The molecule has 0 heterocycles. The van der Waals surface area contributed by atoms with Crippen LogP contribution < -0.4 is 9.44 Å². The average molecular weight is 316 g/mol. The summed E-state index contributed by atoms with van der Waals surface area (Å²) < 4.78 is 27.8. The Balaban J connectivity index is 2.76. The van der Waals surface area contributed by atoms with Crippen molar-refractivity contribution in [2.24, 2.45) is 0 Å². The van der Waals surface area contributed by atoms with Gasteiger partial charge >= 0.3 is 11.9 Å². The third-order valence-electron chi connectivity index (χ3n) is 2.51. The van der Waals surface area contributed by atoms with Crippen molar-refractivity contribution >= 4 is 27.8 Å². The number of hydrogen-bond donors (Lipinski definition) is 4. The summed E-state index contributed by atoms with van der Waals surface area (Å²) in [5.74, 6) is -2.64. The maximum absolute atomic E-state index is 11.8. The van der Waals surface area contributed by atoms with Gasteiger partial charge in [-0.05, 0) is 31.0 Å². The van der Waals surface area contributed by atoms with E-state index < -0.39 is 34.6 Å². The van der Waals surface area contributed by atoms with E-state index in [4.69, 9.17) is 10.2 Å². The van der Waals surface area contributed by atoms with Gasteiger partial charge in [-0.2, -0.15) is 13.1 Å². The number of nitrogens with one attached hydrogen (secondary N) is 2. The van der Waals surface area contributed by atoms with Crippen LogP contribution in [0.1, 0.15) is 18.4 Å². The lowest BCUT2D eigenvalue weighted by atomic mass is 10.2. The van der Waals surface area contributed by atoms with Crippen LogP contribution in [0.3, 0.4) is 0 Å². The molecule has 0 aromatic heterocycles. The van der Waals surface area contributed by atoms with Crippen molar-refractivity contribution in [2.45, 2.75) is 25.8 Å². The molecule has 9 heteroatoms. The van der Waals surface area contributed by atoms with Crippen LogP contribution in [0.4, 0.5) is 5.69 Å². The van der Waals surface area contributed by atoms with E-state index in [9.17, 15) is 18.0 Å². The summed E-state index contributed by atoms with van der Waals surface area (Å²) in [7, 11) is -4.12. The number of benzene rings is 1. The third-order valence-corrected chi connectivity index (χ3v) is 3.61. The van der Waals surface area contributed by atoms with E-state index in [1.807, 2.05) is 4.72 Å². The van der Waals surface area contributed by atoms with E-state index in [1.54, 1.807) is 25.1 Å². The molecule has 1 aromatic carbocycles. The molecule has 0 radical (unpaired) electrons. The fourth-order valence-electron chi connectivity index (χ4n) is 1.58. The van der Waals surface area contributed by atoms with Crippen molar-refractivity contribution in [3.8, 4) is 0 Å². The number of aryl methyl sites for hydroxylation is 1. The van der Waals surface area contributed by atoms with Gasteiger partial charge in [0.15, 0.2) is 0 Å². The molecular weight excluding hydrogens is 300 g/mol. The zero-order chi connectivity index (χ0) is 16.0. The van der Waals surface area contributed by atoms with Crippen molar-refractivity contribution in [1.82, 2.24) is 4.72 Å². The van der Waals surface area contributed by atoms with Crippen LogP contribution in [0, 0.1) is 6.92 Å². The fraction of sp³-hybridized carbons (Fsp3) is 0.333. The number of anilines is 1. The minimum absolute atomic E-state index is 0.282. The van der Waals surface area contributed by atoms with E-state index >= 15 is 0 Å². The van der Waals surface area contributed by atoms with Crippen LogP contribution in [0.2, 0.25) is 0 Å². The Bertz CT molecular complexity index is 628. The zero-order valence-corrected chi connectivity index (χ0v) is 12.1. The summed E-state index contributed by atoms with van der Waals surface area (Å²) in [4.78, 5) is 21.4. The summed E-state index contributed by atoms with van der Waals surface area (Å²) in [5.41, 5.74) is 1.11. The van der Waals surface area contributed by atoms with Crippen molar-refractivity contribution in [2.75, 3.05) is 4.72 Å². The lowest BCUT2D eigenvalue weighted by Gasteiger charge is -2.15. The number of rotatable bonds is 8. The minimum Gasteiger partial charge on any atom is -0.481 e. The van der Waals surface area contributed by atoms with Gasteiger partial charge in [-0.3, -0.25) is 14.3 Å². The number of aliphatic carboxylic acids is 2. The van der Waals surface area contributed by atoms with Crippen molar-refractivity contribution in [3.05, 3.63) is 29.8 Å². The lowest BCUT2D eigenvalue weighted by molar-refractivity contribution is -0.140. The van der Waals surface area contributed by atoms with Gasteiger partial charge < -0.3 is 10.2 Å². The van der Waals surface area contributed by atoms with Gasteiger partial charge in [-0.25, -0.2) is 0 Å². The van der Waals surface area contributed by atoms with Crippen LogP contribution in [0.5, 0.6) is 0 Å². The summed E-state index contributed by atoms with van der Waals surface area (Å²) in [6.07, 6.45) is -0.802. The van der Waals surface area contributed by atoms with Crippen LogP contribution in [0.25, 0.3) is 0 Å². The topological polar surface area (TPSA) is 133 Å².